The molecule has 8 nitrogen and oxygen atoms in total. The van der Waals surface area contributed by atoms with E-state index in [9.17, 15) is 18.0 Å². The summed E-state index contributed by atoms with van der Waals surface area (Å²) in [6.45, 7) is 3.81. The number of fused-ring (bicyclic) bond motifs is 1. The van der Waals surface area contributed by atoms with Gasteiger partial charge in [-0.1, -0.05) is 17.7 Å². The zero-order valence-electron chi connectivity index (χ0n) is 16.7. The maximum absolute atomic E-state index is 12.7. The monoisotopic (exact) mass is 437 g/mol. The molecule has 158 valence electrons. The molecule has 0 amide bonds. The molecule has 3 N–H and O–H groups in total. The summed E-state index contributed by atoms with van der Waals surface area (Å²) in [5.41, 5.74) is 2.96. The molecule has 0 saturated carbocycles. The third kappa shape index (κ3) is 4.36. The third-order valence-corrected chi connectivity index (χ3v) is 6.08. The number of aromatic amines is 2. The number of benzene rings is 3. The summed E-state index contributed by atoms with van der Waals surface area (Å²) in [7, 11) is -3.89. The number of esters is 1. The van der Waals surface area contributed by atoms with Crippen LogP contribution < -0.4 is 15.1 Å². The largest absolute Gasteiger partial charge is 0.423 e. The number of imidazole rings is 1. The number of nitrogens with one attached hydrogen (secondary N) is 3. The van der Waals surface area contributed by atoms with Crippen LogP contribution in [0.5, 0.6) is 5.75 Å². The van der Waals surface area contributed by atoms with Gasteiger partial charge in [-0.05, 0) is 67.9 Å². The number of sulfonamides is 1. The number of aromatic nitrogens is 2. The predicted octanol–water partition coefficient (Wildman–Crippen LogP) is 3.49. The number of H-pyrrole nitrogens is 2. The second-order valence-electron chi connectivity index (χ2n) is 7.13. The molecule has 0 bridgehead atoms. The Balaban J connectivity index is 1.50. The zero-order chi connectivity index (χ0) is 22.2. The van der Waals surface area contributed by atoms with Gasteiger partial charge in [0.05, 0.1) is 21.5 Å². The summed E-state index contributed by atoms with van der Waals surface area (Å²) in [5, 5.41) is 0. The average molecular weight is 437 g/mol. The van der Waals surface area contributed by atoms with E-state index in [2.05, 4.69) is 14.7 Å². The summed E-state index contributed by atoms with van der Waals surface area (Å²) in [4.78, 5) is 28.8. The van der Waals surface area contributed by atoms with Crippen LogP contribution in [0.2, 0.25) is 0 Å². The summed E-state index contributed by atoms with van der Waals surface area (Å²) in [6.07, 6.45) is 0. The first-order valence-electron chi connectivity index (χ1n) is 9.36. The van der Waals surface area contributed by atoms with Gasteiger partial charge in [-0.25, -0.2) is 18.0 Å². The summed E-state index contributed by atoms with van der Waals surface area (Å²) >= 11 is 0. The van der Waals surface area contributed by atoms with Crippen molar-refractivity contribution in [2.24, 2.45) is 0 Å². The van der Waals surface area contributed by atoms with Gasteiger partial charge < -0.3 is 14.7 Å². The van der Waals surface area contributed by atoms with Crippen LogP contribution in [0.3, 0.4) is 0 Å². The molecule has 1 heterocycles. The Kier molecular flexibility index (Phi) is 5.12. The van der Waals surface area contributed by atoms with E-state index in [1.165, 1.54) is 42.5 Å². The Morgan fingerprint density at radius 2 is 1.61 bits per heavy atom. The molecule has 3 aromatic carbocycles. The highest BCUT2D eigenvalue weighted by molar-refractivity contribution is 7.92. The molecule has 0 saturated heterocycles. The van der Waals surface area contributed by atoms with Crippen molar-refractivity contribution in [2.45, 2.75) is 18.7 Å². The fraction of sp³-hybridized carbons (Fsp3) is 0.0909. The molecule has 0 spiro atoms. The lowest BCUT2D eigenvalue weighted by atomic mass is 10.1. The first kappa shape index (κ1) is 20.4. The van der Waals surface area contributed by atoms with Crippen LogP contribution >= 0.6 is 0 Å². The topological polar surface area (TPSA) is 121 Å². The molecule has 4 rings (SSSR count). The van der Waals surface area contributed by atoms with Crippen LogP contribution in [0.4, 0.5) is 5.69 Å². The number of ether oxygens (including phenoxy) is 1. The molecule has 31 heavy (non-hydrogen) atoms. The number of carbonyl (C=O) groups is 1. The van der Waals surface area contributed by atoms with Gasteiger partial charge in [0.15, 0.2) is 0 Å². The van der Waals surface area contributed by atoms with E-state index >= 15 is 0 Å². The molecule has 0 atom stereocenters. The zero-order valence-corrected chi connectivity index (χ0v) is 17.5. The predicted molar refractivity (Wildman–Crippen MR) is 117 cm³/mol. The van der Waals surface area contributed by atoms with E-state index in [1.54, 1.807) is 6.07 Å². The van der Waals surface area contributed by atoms with Gasteiger partial charge in [0.25, 0.3) is 10.0 Å². The van der Waals surface area contributed by atoms with E-state index in [-0.39, 0.29) is 16.1 Å². The number of aryl methyl sites for hydroxylation is 2. The Morgan fingerprint density at radius 3 is 2.32 bits per heavy atom. The molecule has 0 aliphatic rings. The quantitative estimate of drug-likeness (QED) is 0.326. The molecule has 9 heteroatoms. The molecule has 0 fully saturated rings. The molecule has 0 radical (unpaired) electrons. The standard InChI is InChI=1S/C22H19N3O5S/c1-13-3-10-20(14(2)11-13)30-21(26)15-4-6-16(7-5-15)25-31(28,29)17-8-9-18-19(12-17)24-22(27)23-18/h3-12,25H,1-2H3,(H2,23,24,27). The fourth-order valence-corrected chi connectivity index (χ4v) is 4.22. The van der Waals surface area contributed by atoms with Gasteiger partial charge in [0.2, 0.25) is 0 Å². The van der Waals surface area contributed by atoms with Crippen LogP contribution in [-0.2, 0) is 10.0 Å². The molecule has 4 aromatic rings. The van der Waals surface area contributed by atoms with Gasteiger partial charge >= 0.3 is 11.7 Å². The van der Waals surface area contributed by atoms with E-state index in [0.29, 0.717) is 16.8 Å². The summed E-state index contributed by atoms with van der Waals surface area (Å²) in [5.74, 6) is -0.0678. The normalized spacial score (nSPS) is 11.4. The van der Waals surface area contributed by atoms with Gasteiger partial charge in [0.1, 0.15) is 5.75 Å². The highest BCUT2D eigenvalue weighted by atomic mass is 32.2. The number of hydrogen-bond acceptors (Lipinski definition) is 5. The minimum Gasteiger partial charge on any atom is -0.423 e. The van der Waals surface area contributed by atoms with Gasteiger partial charge in [-0.2, -0.15) is 0 Å². The highest BCUT2D eigenvalue weighted by Gasteiger charge is 2.16. The van der Waals surface area contributed by atoms with Crippen molar-refractivity contribution in [1.29, 1.82) is 0 Å². The first-order valence-corrected chi connectivity index (χ1v) is 10.8. The van der Waals surface area contributed by atoms with Crippen molar-refractivity contribution in [1.82, 2.24) is 9.97 Å². The number of anilines is 1. The van der Waals surface area contributed by atoms with Crippen LogP contribution in [0.15, 0.2) is 70.4 Å². The average Bonchev–Trinajstić information content (AvgIpc) is 3.09. The van der Waals surface area contributed by atoms with E-state index in [4.69, 9.17) is 4.74 Å². The van der Waals surface area contributed by atoms with Crippen molar-refractivity contribution >= 4 is 32.7 Å². The Morgan fingerprint density at radius 1 is 0.903 bits per heavy atom. The van der Waals surface area contributed by atoms with Gasteiger partial charge in [0, 0.05) is 5.69 Å². The SMILES string of the molecule is Cc1ccc(OC(=O)c2ccc(NS(=O)(=O)c3ccc4[nH]c(=O)[nH]c4c3)cc2)c(C)c1. The van der Waals surface area contributed by atoms with Crippen LogP contribution in [-0.4, -0.2) is 24.4 Å². The van der Waals surface area contributed by atoms with Crippen molar-refractivity contribution in [2.75, 3.05) is 4.72 Å². The first-order chi connectivity index (χ1) is 14.7. The lowest BCUT2D eigenvalue weighted by Crippen LogP contribution is -2.13. The molecule has 0 unspecified atom stereocenters. The molecule has 0 aliphatic heterocycles. The maximum Gasteiger partial charge on any atom is 0.343 e. The smallest absolute Gasteiger partial charge is 0.343 e. The second-order valence-corrected chi connectivity index (χ2v) is 8.81. The lowest BCUT2D eigenvalue weighted by Gasteiger charge is -2.10. The van der Waals surface area contributed by atoms with Crippen LogP contribution in [0.1, 0.15) is 21.5 Å². The van der Waals surface area contributed by atoms with E-state index < -0.39 is 21.7 Å². The van der Waals surface area contributed by atoms with E-state index in [1.807, 2.05) is 26.0 Å². The Bertz CT molecular complexity index is 1450. The minimum atomic E-state index is -3.89. The van der Waals surface area contributed by atoms with Crippen LogP contribution in [0, 0.1) is 13.8 Å². The molecule has 0 aliphatic carbocycles. The highest BCUT2D eigenvalue weighted by Crippen LogP contribution is 2.22. The Labute approximate surface area is 177 Å². The number of carbonyl (C=O) groups excluding carboxylic acids is 1. The van der Waals surface area contributed by atoms with Gasteiger partial charge in [-0.15, -0.1) is 0 Å². The van der Waals surface area contributed by atoms with Crippen molar-refractivity contribution < 1.29 is 17.9 Å². The molecular formula is C22H19N3O5S. The summed E-state index contributed by atoms with van der Waals surface area (Å²) < 4.78 is 33.2. The number of rotatable bonds is 5. The Hall–Kier alpha value is -3.85. The van der Waals surface area contributed by atoms with Crippen molar-refractivity contribution in [3.05, 3.63) is 87.8 Å². The molecule has 1 aromatic heterocycles. The van der Waals surface area contributed by atoms with Gasteiger partial charge in [-0.3, -0.25) is 4.72 Å². The van der Waals surface area contributed by atoms with Crippen LogP contribution in [0.25, 0.3) is 11.0 Å². The molecular weight excluding hydrogens is 418 g/mol. The van der Waals surface area contributed by atoms with E-state index in [0.717, 1.165) is 11.1 Å². The maximum atomic E-state index is 12.7. The minimum absolute atomic E-state index is 0.00594. The fourth-order valence-electron chi connectivity index (χ4n) is 3.14. The third-order valence-electron chi connectivity index (χ3n) is 4.70. The van der Waals surface area contributed by atoms with Crippen molar-refractivity contribution in [3.8, 4) is 5.75 Å². The second kappa shape index (κ2) is 7.77. The lowest BCUT2D eigenvalue weighted by molar-refractivity contribution is 0.0733. The number of hydrogen-bond donors (Lipinski definition) is 3. The summed E-state index contributed by atoms with van der Waals surface area (Å²) in [6, 6.07) is 15.7. The van der Waals surface area contributed by atoms with Crippen molar-refractivity contribution in [3.63, 3.8) is 0 Å².